The van der Waals surface area contributed by atoms with E-state index in [0.717, 1.165) is 22.8 Å². The summed E-state index contributed by atoms with van der Waals surface area (Å²) in [5.74, 6) is 0.301. The Hall–Kier alpha value is -2.71. The summed E-state index contributed by atoms with van der Waals surface area (Å²) >= 11 is 0. The van der Waals surface area contributed by atoms with Gasteiger partial charge in [-0.3, -0.25) is 0 Å². The van der Waals surface area contributed by atoms with E-state index in [4.69, 9.17) is 4.74 Å². The number of nitrogens with zero attached hydrogens (tertiary/aromatic N) is 2. The van der Waals surface area contributed by atoms with Gasteiger partial charge in [0.1, 0.15) is 17.9 Å². The third kappa shape index (κ3) is 4.42. The highest BCUT2D eigenvalue weighted by Gasteiger charge is 2.30. The molecule has 0 spiro atoms. The van der Waals surface area contributed by atoms with Crippen LogP contribution in [0.15, 0.2) is 53.6 Å². The molecular formula is C24H27FN2O4S. The molecule has 0 radical (unpaired) electrons. The largest absolute Gasteiger partial charge is 0.491 e. The average molecular weight is 459 g/mol. The first-order valence-corrected chi connectivity index (χ1v) is 12.2. The molecule has 2 heterocycles. The van der Waals surface area contributed by atoms with Gasteiger partial charge in [-0.15, -0.1) is 0 Å². The fraction of sp³-hybridized carbons (Fsp3) is 0.375. The van der Waals surface area contributed by atoms with Crippen molar-refractivity contribution in [2.24, 2.45) is 0 Å². The highest BCUT2D eigenvalue weighted by Crippen LogP contribution is 2.33. The molecule has 0 N–H and O–H groups in total. The van der Waals surface area contributed by atoms with Gasteiger partial charge in [0.15, 0.2) is 0 Å². The van der Waals surface area contributed by atoms with Gasteiger partial charge in [-0.05, 0) is 74.7 Å². The van der Waals surface area contributed by atoms with Crippen LogP contribution >= 0.6 is 0 Å². The lowest BCUT2D eigenvalue weighted by Crippen LogP contribution is -2.38. The second-order valence-electron chi connectivity index (χ2n) is 8.37. The maximum absolute atomic E-state index is 13.9. The molecule has 8 heteroatoms. The molecule has 1 aliphatic heterocycles. The van der Waals surface area contributed by atoms with Crippen LogP contribution < -0.4 is 4.74 Å². The normalized spacial score (nSPS) is 16.0. The summed E-state index contributed by atoms with van der Waals surface area (Å²) in [4.78, 5) is 11.3. The van der Waals surface area contributed by atoms with Crippen LogP contribution in [-0.4, -0.2) is 42.8 Å². The third-order valence-corrected chi connectivity index (χ3v) is 7.75. The van der Waals surface area contributed by atoms with Crippen molar-refractivity contribution in [2.45, 2.75) is 50.2 Å². The Bertz CT molecular complexity index is 1210. The van der Waals surface area contributed by atoms with E-state index < -0.39 is 10.0 Å². The minimum Gasteiger partial charge on any atom is -0.491 e. The maximum Gasteiger partial charge on any atom is 0.243 e. The summed E-state index contributed by atoms with van der Waals surface area (Å²) in [6, 6.07) is 11.1. The molecule has 0 atom stereocenters. The van der Waals surface area contributed by atoms with E-state index in [1.54, 1.807) is 30.3 Å². The Balaban J connectivity index is 1.52. The first kappa shape index (κ1) is 22.5. The molecule has 0 aliphatic carbocycles. The summed E-state index contributed by atoms with van der Waals surface area (Å²) in [7, 11) is -3.60. The molecule has 1 saturated heterocycles. The van der Waals surface area contributed by atoms with Gasteiger partial charge < -0.3 is 14.1 Å². The van der Waals surface area contributed by atoms with Gasteiger partial charge in [-0.2, -0.15) is 4.31 Å². The number of halogens is 1. The van der Waals surface area contributed by atoms with E-state index in [0.29, 0.717) is 31.7 Å². The van der Waals surface area contributed by atoms with Gasteiger partial charge in [0.2, 0.25) is 10.0 Å². The van der Waals surface area contributed by atoms with Crippen LogP contribution in [0.25, 0.3) is 10.9 Å². The van der Waals surface area contributed by atoms with E-state index in [2.05, 4.69) is 0 Å². The lowest BCUT2D eigenvalue weighted by Gasteiger charge is -2.32. The van der Waals surface area contributed by atoms with Crippen molar-refractivity contribution in [2.75, 3.05) is 13.1 Å². The van der Waals surface area contributed by atoms with Crippen molar-refractivity contribution in [1.82, 2.24) is 8.87 Å². The Kier molecular flexibility index (Phi) is 6.35. The van der Waals surface area contributed by atoms with Gasteiger partial charge in [0.25, 0.3) is 0 Å². The van der Waals surface area contributed by atoms with Crippen LogP contribution in [0, 0.1) is 5.82 Å². The van der Waals surface area contributed by atoms with Crippen molar-refractivity contribution in [3.63, 3.8) is 0 Å². The topological polar surface area (TPSA) is 68.6 Å². The number of hydrogen-bond donors (Lipinski definition) is 0. The molecular weight excluding hydrogens is 431 g/mol. The van der Waals surface area contributed by atoms with E-state index in [1.165, 1.54) is 16.4 Å². The second kappa shape index (κ2) is 9.03. The van der Waals surface area contributed by atoms with Crippen LogP contribution in [-0.2, 0) is 21.2 Å². The zero-order valence-electron chi connectivity index (χ0n) is 18.2. The Morgan fingerprint density at radius 1 is 1.12 bits per heavy atom. The van der Waals surface area contributed by atoms with Crippen molar-refractivity contribution in [3.05, 3.63) is 60.0 Å². The van der Waals surface area contributed by atoms with Crippen molar-refractivity contribution in [1.29, 1.82) is 0 Å². The molecule has 4 rings (SSSR count). The fourth-order valence-electron chi connectivity index (χ4n) is 4.32. The highest BCUT2D eigenvalue weighted by atomic mass is 32.2. The number of fused-ring (bicyclic) bond motifs is 1. The summed E-state index contributed by atoms with van der Waals surface area (Å²) in [6.07, 6.45) is 4.24. The molecule has 6 nitrogen and oxygen atoms in total. The molecule has 170 valence electrons. The zero-order valence-corrected chi connectivity index (χ0v) is 19.0. The number of piperidine rings is 1. The van der Waals surface area contributed by atoms with E-state index in [-0.39, 0.29) is 29.3 Å². The Morgan fingerprint density at radius 3 is 2.44 bits per heavy atom. The highest BCUT2D eigenvalue weighted by molar-refractivity contribution is 7.89. The van der Waals surface area contributed by atoms with Crippen LogP contribution in [0.2, 0.25) is 0 Å². The lowest BCUT2D eigenvalue weighted by atomic mass is 10.1. The molecule has 0 amide bonds. The number of carbonyl (C=O) groups excluding carboxylic acids is 1. The van der Waals surface area contributed by atoms with Gasteiger partial charge in [0.05, 0.1) is 16.5 Å². The van der Waals surface area contributed by atoms with Crippen LogP contribution in [0.5, 0.6) is 5.75 Å². The number of benzene rings is 2. The second-order valence-corrected chi connectivity index (χ2v) is 10.3. The molecule has 1 fully saturated rings. The zero-order chi connectivity index (χ0) is 22.9. The standard InChI is InChI=1S/C24H27FN2O4S/c1-17(2)31-21-4-6-22(7-5-21)32(29,30)26-12-9-20(10-13-26)27-16-18(11-14-28)23-8-3-19(25)15-24(23)27/h3-8,14-17,20H,9-13H2,1-2H3. The van der Waals surface area contributed by atoms with E-state index in [1.807, 2.05) is 24.6 Å². The first-order valence-electron chi connectivity index (χ1n) is 10.8. The van der Waals surface area contributed by atoms with Gasteiger partial charge in [0, 0.05) is 37.1 Å². The maximum atomic E-state index is 13.9. The smallest absolute Gasteiger partial charge is 0.243 e. The number of rotatable bonds is 7. The number of aromatic nitrogens is 1. The minimum atomic E-state index is -3.60. The molecule has 1 aromatic heterocycles. The predicted molar refractivity (Wildman–Crippen MR) is 121 cm³/mol. The van der Waals surface area contributed by atoms with Gasteiger partial charge >= 0.3 is 0 Å². The molecule has 1 aliphatic rings. The average Bonchev–Trinajstić information content (AvgIpc) is 3.11. The number of aldehydes is 1. The number of carbonyl (C=O) groups is 1. The first-order chi connectivity index (χ1) is 15.3. The monoisotopic (exact) mass is 458 g/mol. The SMILES string of the molecule is CC(C)Oc1ccc(S(=O)(=O)N2CCC(n3cc(CC=O)c4ccc(F)cc43)CC2)cc1. The van der Waals surface area contributed by atoms with Crippen molar-refractivity contribution >= 4 is 27.2 Å². The third-order valence-electron chi connectivity index (χ3n) is 5.83. The molecule has 0 unspecified atom stereocenters. The molecule has 3 aromatic rings. The van der Waals surface area contributed by atoms with E-state index in [9.17, 15) is 17.6 Å². The summed E-state index contributed by atoms with van der Waals surface area (Å²) in [5.41, 5.74) is 1.60. The number of sulfonamides is 1. The molecule has 2 aromatic carbocycles. The Morgan fingerprint density at radius 2 is 1.81 bits per heavy atom. The molecule has 0 saturated carbocycles. The number of ether oxygens (including phenoxy) is 1. The van der Waals surface area contributed by atoms with Crippen LogP contribution in [0.1, 0.15) is 38.3 Å². The van der Waals surface area contributed by atoms with Crippen molar-refractivity contribution < 1.29 is 22.3 Å². The molecule has 32 heavy (non-hydrogen) atoms. The fourth-order valence-corrected chi connectivity index (χ4v) is 5.79. The van der Waals surface area contributed by atoms with Crippen LogP contribution in [0.4, 0.5) is 4.39 Å². The summed E-state index contributed by atoms with van der Waals surface area (Å²) < 4.78 is 49.2. The quantitative estimate of drug-likeness (QED) is 0.494. The molecule has 0 bridgehead atoms. The lowest BCUT2D eigenvalue weighted by molar-refractivity contribution is -0.107. The Labute approximate surface area is 187 Å². The summed E-state index contributed by atoms with van der Waals surface area (Å²) in [6.45, 7) is 4.57. The number of hydrogen-bond acceptors (Lipinski definition) is 4. The van der Waals surface area contributed by atoms with Crippen LogP contribution in [0.3, 0.4) is 0 Å². The summed E-state index contributed by atoms with van der Waals surface area (Å²) in [5, 5.41) is 0.859. The van der Waals surface area contributed by atoms with Gasteiger partial charge in [-0.1, -0.05) is 0 Å². The predicted octanol–water partition coefficient (Wildman–Crippen LogP) is 4.33. The van der Waals surface area contributed by atoms with Gasteiger partial charge in [-0.25, -0.2) is 12.8 Å². The van der Waals surface area contributed by atoms with E-state index >= 15 is 0 Å². The minimum absolute atomic E-state index is 0.0155. The van der Waals surface area contributed by atoms with Crippen molar-refractivity contribution in [3.8, 4) is 5.75 Å².